The summed E-state index contributed by atoms with van der Waals surface area (Å²) in [6, 6.07) is 12.6. The van der Waals surface area contributed by atoms with E-state index in [9.17, 15) is 13.2 Å². The number of hydrogen-bond donors (Lipinski definition) is 2. The van der Waals surface area contributed by atoms with E-state index in [0.717, 1.165) is 11.3 Å². The van der Waals surface area contributed by atoms with E-state index in [1.807, 2.05) is 29.6 Å². The minimum absolute atomic E-state index is 0.102. The van der Waals surface area contributed by atoms with E-state index >= 15 is 0 Å². The summed E-state index contributed by atoms with van der Waals surface area (Å²) in [6.45, 7) is 1.69. The van der Waals surface area contributed by atoms with Crippen molar-refractivity contribution in [1.82, 2.24) is 14.8 Å². The highest BCUT2D eigenvalue weighted by Crippen LogP contribution is 2.26. The van der Waals surface area contributed by atoms with Gasteiger partial charge in [0.05, 0.1) is 29.1 Å². The van der Waals surface area contributed by atoms with Crippen LogP contribution >= 0.6 is 11.3 Å². The molecule has 0 fully saturated rings. The highest BCUT2D eigenvalue weighted by Gasteiger charge is 2.15. The van der Waals surface area contributed by atoms with Crippen molar-refractivity contribution in [3.8, 4) is 22.1 Å². The fourth-order valence-corrected chi connectivity index (χ4v) is 4.11. The molecule has 2 N–H and O–H groups in total. The van der Waals surface area contributed by atoms with Crippen LogP contribution in [0.5, 0.6) is 5.75 Å². The van der Waals surface area contributed by atoms with Gasteiger partial charge in [-0.05, 0) is 55.5 Å². The molecule has 12 heteroatoms. The van der Waals surface area contributed by atoms with Crippen molar-refractivity contribution in [1.29, 1.82) is 0 Å². The Kier molecular flexibility index (Phi) is 5.74. The van der Waals surface area contributed by atoms with Gasteiger partial charge in [-0.1, -0.05) is 0 Å². The highest BCUT2D eigenvalue weighted by molar-refractivity contribution is 7.85. The predicted molar refractivity (Wildman–Crippen MR) is 119 cm³/mol. The number of methoxy groups -OCH3 is 1. The van der Waals surface area contributed by atoms with E-state index in [-0.39, 0.29) is 10.6 Å². The molecule has 4 rings (SSSR count). The Balaban J connectivity index is 1.60. The van der Waals surface area contributed by atoms with Crippen LogP contribution in [-0.4, -0.2) is 34.8 Å². The molecule has 0 unspecified atom stereocenters. The van der Waals surface area contributed by atoms with Gasteiger partial charge in [-0.3, -0.25) is 14.4 Å². The first kappa shape index (κ1) is 21.6. The van der Waals surface area contributed by atoms with Gasteiger partial charge in [-0.15, -0.1) is 16.5 Å². The van der Waals surface area contributed by atoms with E-state index < -0.39 is 15.7 Å². The number of aryl methyl sites for hydroxylation is 1. The number of nitrogens with zero attached hydrogens (tertiary/aromatic N) is 4. The van der Waals surface area contributed by atoms with Crippen molar-refractivity contribution in [2.45, 2.75) is 11.8 Å². The Bertz CT molecular complexity index is 1450. The number of aromatic nitrogens is 3. The lowest BCUT2D eigenvalue weighted by atomic mass is 10.2. The minimum atomic E-state index is -4.29. The van der Waals surface area contributed by atoms with Gasteiger partial charge in [0, 0.05) is 10.9 Å². The molecular formula is C20H17N5O5S2. The predicted octanol–water partition coefficient (Wildman–Crippen LogP) is 4.27. The molecular weight excluding hydrogens is 454 g/mol. The van der Waals surface area contributed by atoms with Gasteiger partial charge in [-0.2, -0.15) is 18.2 Å². The zero-order valence-corrected chi connectivity index (χ0v) is 18.5. The number of ether oxygens (including phenoxy) is 1. The molecule has 0 spiro atoms. The molecule has 4 aromatic rings. The second-order valence-electron chi connectivity index (χ2n) is 6.64. The normalized spacial score (nSPS) is 11.8. The molecule has 0 radical (unpaired) electrons. The molecule has 32 heavy (non-hydrogen) atoms. The second-order valence-corrected chi connectivity index (χ2v) is 8.90. The average Bonchev–Trinajstić information content (AvgIpc) is 3.37. The Morgan fingerprint density at radius 2 is 1.78 bits per heavy atom. The molecule has 0 aliphatic heterocycles. The fraction of sp³-hybridized carbons (Fsp3) is 0.100. The summed E-state index contributed by atoms with van der Waals surface area (Å²) < 4.78 is 37.7. The van der Waals surface area contributed by atoms with E-state index in [1.165, 1.54) is 40.3 Å². The molecule has 0 aliphatic rings. The first-order valence-electron chi connectivity index (χ1n) is 9.17. The maximum Gasteiger partial charge on any atom is 0.301 e. The Hall–Kier alpha value is -3.61. The largest absolute Gasteiger partial charge is 0.497 e. The van der Waals surface area contributed by atoms with Crippen LogP contribution in [0.1, 0.15) is 5.69 Å². The molecule has 2 heterocycles. The minimum Gasteiger partial charge on any atom is -0.497 e. The summed E-state index contributed by atoms with van der Waals surface area (Å²) in [6.07, 6.45) is 0. The number of aromatic amines is 1. The summed E-state index contributed by atoms with van der Waals surface area (Å²) >= 11 is 1.30. The Morgan fingerprint density at radius 1 is 1.09 bits per heavy atom. The topological polar surface area (TPSA) is 139 Å². The van der Waals surface area contributed by atoms with E-state index in [2.05, 4.69) is 20.3 Å². The SMILES string of the molecule is COc1ccc(-c2csc(-n3[nH]c(C)c(N=Nc4ccc(S(=O)(=O)O)cc4)c3=O)n2)cc1. The number of nitrogens with one attached hydrogen (secondary N) is 1. The van der Waals surface area contributed by atoms with Crippen LogP contribution in [0.3, 0.4) is 0 Å². The maximum absolute atomic E-state index is 12.8. The lowest BCUT2D eigenvalue weighted by Crippen LogP contribution is -2.13. The first-order chi connectivity index (χ1) is 15.3. The molecule has 0 saturated carbocycles. The maximum atomic E-state index is 12.8. The third-order valence-corrected chi connectivity index (χ3v) is 6.20. The van der Waals surface area contributed by atoms with Crippen LogP contribution in [0.25, 0.3) is 16.4 Å². The van der Waals surface area contributed by atoms with Crippen LogP contribution in [0.2, 0.25) is 0 Å². The van der Waals surface area contributed by atoms with Crippen LogP contribution < -0.4 is 10.3 Å². The van der Waals surface area contributed by atoms with Gasteiger partial charge in [0.25, 0.3) is 10.1 Å². The molecule has 10 nitrogen and oxygen atoms in total. The molecule has 2 aromatic heterocycles. The summed E-state index contributed by atoms with van der Waals surface area (Å²) in [5, 5.41) is 13.2. The standard InChI is InChI=1S/C20H17N5O5S2/c1-12-18(23-22-14-5-9-16(10-6-14)32(27,28)29)19(26)25(24-12)20-21-17(11-31-20)13-3-7-15(30-2)8-4-13/h3-11,24H,1-2H3,(H,27,28,29). The first-order valence-corrected chi connectivity index (χ1v) is 11.5. The quantitative estimate of drug-likeness (QED) is 0.318. The Morgan fingerprint density at radius 3 is 2.41 bits per heavy atom. The molecule has 0 saturated heterocycles. The van der Waals surface area contributed by atoms with Crippen molar-refractivity contribution in [3.63, 3.8) is 0 Å². The molecule has 164 valence electrons. The lowest BCUT2D eigenvalue weighted by molar-refractivity contribution is 0.415. The number of hydrogen-bond acceptors (Lipinski definition) is 8. The Labute approximate surface area is 186 Å². The highest BCUT2D eigenvalue weighted by atomic mass is 32.2. The zero-order chi connectivity index (χ0) is 22.9. The molecule has 0 atom stereocenters. The second kappa shape index (κ2) is 8.49. The number of rotatable bonds is 6. The zero-order valence-electron chi connectivity index (χ0n) is 16.9. The van der Waals surface area contributed by atoms with Gasteiger partial charge >= 0.3 is 5.56 Å². The van der Waals surface area contributed by atoms with Crippen LogP contribution in [0.4, 0.5) is 11.4 Å². The van der Waals surface area contributed by atoms with Crippen molar-refractivity contribution in [2.75, 3.05) is 7.11 Å². The van der Waals surface area contributed by atoms with Crippen LogP contribution in [0, 0.1) is 6.92 Å². The average molecular weight is 472 g/mol. The van der Waals surface area contributed by atoms with E-state index in [4.69, 9.17) is 9.29 Å². The summed E-state index contributed by atoms with van der Waals surface area (Å²) in [5.41, 5.74) is 2.10. The van der Waals surface area contributed by atoms with Gasteiger partial charge in [0.2, 0.25) is 5.13 Å². The third kappa shape index (κ3) is 4.37. The smallest absolute Gasteiger partial charge is 0.301 e. The van der Waals surface area contributed by atoms with Crippen molar-refractivity contribution in [2.24, 2.45) is 10.2 Å². The molecule has 2 aromatic carbocycles. The molecule has 0 amide bonds. The third-order valence-electron chi connectivity index (χ3n) is 4.51. The number of azo groups is 1. The van der Waals surface area contributed by atoms with Crippen molar-refractivity contribution in [3.05, 3.63) is 70.0 Å². The summed E-state index contributed by atoms with van der Waals surface area (Å²) in [5.74, 6) is 0.739. The molecule has 0 aliphatic carbocycles. The lowest BCUT2D eigenvalue weighted by Gasteiger charge is -2.00. The number of thiazole rings is 1. The van der Waals surface area contributed by atoms with Crippen LogP contribution in [-0.2, 0) is 10.1 Å². The van der Waals surface area contributed by atoms with E-state index in [1.54, 1.807) is 14.0 Å². The van der Waals surface area contributed by atoms with Gasteiger partial charge in [0.15, 0.2) is 5.69 Å². The monoisotopic (exact) mass is 471 g/mol. The fourth-order valence-electron chi connectivity index (χ4n) is 2.84. The number of H-pyrrole nitrogens is 1. The van der Waals surface area contributed by atoms with Gasteiger partial charge in [-0.25, -0.2) is 4.98 Å². The van der Waals surface area contributed by atoms with Crippen LogP contribution in [0.15, 0.2) is 73.8 Å². The van der Waals surface area contributed by atoms with Crippen molar-refractivity contribution < 1.29 is 17.7 Å². The summed E-state index contributed by atoms with van der Waals surface area (Å²) in [7, 11) is -2.70. The molecule has 0 bridgehead atoms. The summed E-state index contributed by atoms with van der Waals surface area (Å²) in [4.78, 5) is 17.1. The van der Waals surface area contributed by atoms with Gasteiger partial charge < -0.3 is 4.74 Å². The van der Waals surface area contributed by atoms with Gasteiger partial charge in [0.1, 0.15) is 5.75 Å². The number of benzene rings is 2. The van der Waals surface area contributed by atoms with Crippen molar-refractivity contribution >= 4 is 32.8 Å². The van der Waals surface area contributed by atoms with E-state index in [0.29, 0.717) is 22.2 Å².